The van der Waals surface area contributed by atoms with Gasteiger partial charge < -0.3 is 5.73 Å². The third-order valence-electron chi connectivity index (χ3n) is 2.41. The molecule has 0 atom stereocenters. The van der Waals surface area contributed by atoms with Gasteiger partial charge in [0, 0.05) is 12.1 Å². The standard InChI is InChI=1S/C10H12ClN5/c1-6-9(11)7(2)16(15-6)10-8(5-12)3-4-13-14-10/h3-4H,5,12H2,1-2H3. The highest BCUT2D eigenvalue weighted by Gasteiger charge is 2.14. The number of nitrogens with two attached hydrogens (primary N) is 1. The fourth-order valence-corrected chi connectivity index (χ4v) is 1.64. The first-order chi connectivity index (χ1) is 7.65. The summed E-state index contributed by atoms with van der Waals surface area (Å²) in [5.41, 5.74) is 8.14. The van der Waals surface area contributed by atoms with E-state index in [-0.39, 0.29) is 0 Å². The van der Waals surface area contributed by atoms with Crippen LogP contribution in [0.1, 0.15) is 17.0 Å². The number of halogens is 1. The molecular weight excluding hydrogens is 226 g/mol. The lowest BCUT2D eigenvalue weighted by Gasteiger charge is -2.06. The first-order valence-corrected chi connectivity index (χ1v) is 5.25. The Morgan fingerprint density at radius 1 is 1.44 bits per heavy atom. The number of rotatable bonds is 2. The average molecular weight is 238 g/mol. The number of hydrogen-bond acceptors (Lipinski definition) is 4. The lowest BCUT2D eigenvalue weighted by Crippen LogP contribution is -2.10. The molecule has 0 saturated heterocycles. The van der Waals surface area contributed by atoms with Crippen molar-refractivity contribution >= 4 is 11.6 Å². The van der Waals surface area contributed by atoms with Crippen molar-refractivity contribution in [2.75, 3.05) is 0 Å². The van der Waals surface area contributed by atoms with Crippen molar-refractivity contribution in [2.24, 2.45) is 5.73 Å². The zero-order valence-corrected chi connectivity index (χ0v) is 9.86. The highest BCUT2D eigenvalue weighted by Crippen LogP contribution is 2.22. The molecule has 0 fully saturated rings. The minimum Gasteiger partial charge on any atom is -0.326 e. The van der Waals surface area contributed by atoms with Gasteiger partial charge in [-0.3, -0.25) is 0 Å². The molecule has 0 aromatic carbocycles. The predicted octanol–water partition coefficient (Wildman–Crippen LogP) is 1.39. The van der Waals surface area contributed by atoms with Crippen LogP contribution >= 0.6 is 11.6 Å². The van der Waals surface area contributed by atoms with E-state index in [9.17, 15) is 0 Å². The van der Waals surface area contributed by atoms with Gasteiger partial charge in [-0.05, 0) is 19.9 Å². The highest BCUT2D eigenvalue weighted by molar-refractivity contribution is 6.31. The summed E-state index contributed by atoms with van der Waals surface area (Å²) in [6.07, 6.45) is 1.61. The minimum atomic E-state index is 0.390. The van der Waals surface area contributed by atoms with E-state index < -0.39 is 0 Å². The molecule has 0 amide bonds. The molecule has 2 N–H and O–H groups in total. The van der Waals surface area contributed by atoms with Crippen LogP contribution < -0.4 is 5.73 Å². The maximum atomic E-state index is 6.08. The van der Waals surface area contributed by atoms with E-state index in [4.69, 9.17) is 17.3 Å². The summed E-state index contributed by atoms with van der Waals surface area (Å²) in [5, 5.41) is 12.8. The van der Waals surface area contributed by atoms with Crippen molar-refractivity contribution in [1.82, 2.24) is 20.0 Å². The van der Waals surface area contributed by atoms with Gasteiger partial charge in [-0.15, -0.1) is 5.10 Å². The predicted molar refractivity (Wildman–Crippen MR) is 61.5 cm³/mol. The Morgan fingerprint density at radius 3 is 2.75 bits per heavy atom. The zero-order valence-electron chi connectivity index (χ0n) is 9.11. The van der Waals surface area contributed by atoms with Crippen LogP contribution in [0.15, 0.2) is 12.3 Å². The van der Waals surface area contributed by atoms with Gasteiger partial charge >= 0.3 is 0 Å². The Balaban J connectivity index is 2.63. The molecule has 16 heavy (non-hydrogen) atoms. The Hall–Kier alpha value is -1.46. The van der Waals surface area contributed by atoms with Crippen LogP contribution in [-0.4, -0.2) is 20.0 Å². The third kappa shape index (κ3) is 1.68. The van der Waals surface area contributed by atoms with Gasteiger partial charge in [0.15, 0.2) is 5.82 Å². The molecule has 2 heterocycles. The smallest absolute Gasteiger partial charge is 0.180 e. The third-order valence-corrected chi connectivity index (χ3v) is 2.95. The molecule has 0 bridgehead atoms. The summed E-state index contributed by atoms with van der Waals surface area (Å²) in [6.45, 7) is 4.13. The molecule has 0 spiro atoms. The van der Waals surface area contributed by atoms with Crippen molar-refractivity contribution in [3.63, 3.8) is 0 Å². The first-order valence-electron chi connectivity index (χ1n) is 4.88. The maximum absolute atomic E-state index is 6.08. The van der Waals surface area contributed by atoms with Gasteiger partial charge in [-0.1, -0.05) is 11.6 Å². The summed E-state index contributed by atoms with van der Waals surface area (Å²) in [6, 6.07) is 1.83. The zero-order chi connectivity index (χ0) is 11.7. The highest BCUT2D eigenvalue weighted by atomic mass is 35.5. The molecule has 6 heteroatoms. The molecular formula is C10H12ClN5. The second kappa shape index (κ2) is 4.19. The van der Waals surface area contributed by atoms with Crippen molar-refractivity contribution < 1.29 is 0 Å². The Morgan fingerprint density at radius 2 is 2.19 bits per heavy atom. The molecule has 0 unspecified atom stereocenters. The molecule has 0 saturated carbocycles. The van der Waals surface area contributed by atoms with Crippen LogP contribution in [0.2, 0.25) is 5.02 Å². The second-order valence-electron chi connectivity index (χ2n) is 3.48. The Kier molecular flexibility index (Phi) is 2.89. The summed E-state index contributed by atoms with van der Waals surface area (Å²) in [4.78, 5) is 0. The maximum Gasteiger partial charge on any atom is 0.180 e. The average Bonchev–Trinajstić information content (AvgIpc) is 2.57. The summed E-state index contributed by atoms with van der Waals surface area (Å²) >= 11 is 6.08. The second-order valence-corrected chi connectivity index (χ2v) is 3.86. The van der Waals surface area contributed by atoms with Gasteiger partial charge in [0.1, 0.15) is 0 Å². The molecule has 0 aliphatic carbocycles. The van der Waals surface area contributed by atoms with Crippen molar-refractivity contribution in [3.8, 4) is 5.82 Å². The summed E-state index contributed by atoms with van der Waals surface area (Å²) in [5.74, 6) is 0.637. The van der Waals surface area contributed by atoms with Gasteiger partial charge in [-0.2, -0.15) is 10.2 Å². The summed E-state index contributed by atoms with van der Waals surface area (Å²) in [7, 11) is 0. The van der Waals surface area contributed by atoms with Crippen LogP contribution in [0.25, 0.3) is 5.82 Å². The van der Waals surface area contributed by atoms with E-state index in [1.165, 1.54) is 0 Å². The number of nitrogens with zero attached hydrogens (tertiary/aromatic N) is 4. The molecule has 0 radical (unpaired) electrons. The minimum absolute atomic E-state index is 0.390. The molecule has 5 nitrogen and oxygen atoms in total. The number of aromatic nitrogens is 4. The molecule has 2 rings (SSSR count). The van der Waals surface area contributed by atoms with Gasteiger partial charge in [-0.25, -0.2) is 4.68 Å². The fraction of sp³-hybridized carbons (Fsp3) is 0.300. The van der Waals surface area contributed by atoms with E-state index in [1.807, 2.05) is 19.9 Å². The molecule has 0 aliphatic heterocycles. The topological polar surface area (TPSA) is 69.6 Å². The SMILES string of the molecule is Cc1nn(-c2nnccc2CN)c(C)c1Cl. The van der Waals surface area contributed by atoms with E-state index in [0.717, 1.165) is 17.0 Å². The van der Waals surface area contributed by atoms with Crippen LogP contribution in [0, 0.1) is 13.8 Å². The van der Waals surface area contributed by atoms with Gasteiger partial charge in [0.25, 0.3) is 0 Å². The monoisotopic (exact) mass is 237 g/mol. The molecule has 0 aliphatic rings. The fourth-order valence-electron chi connectivity index (χ4n) is 1.52. The van der Waals surface area contributed by atoms with Crippen molar-refractivity contribution in [1.29, 1.82) is 0 Å². The normalized spacial score (nSPS) is 10.8. The Labute approximate surface area is 98.2 Å². The van der Waals surface area contributed by atoms with E-state index in [2.05, 4.69) is 15.3 Å². The molecule has 2 aromatic rings. The lowest BCUT2D eigenvalue weighted by atomic mass is 10.3. The number of hydrogen-bond donors (Lipinski definition) is 1. The van der Waals surface area contributed by atoms with Crippen molar-refractivity contribution in [2.45, 2.75) is 20.4 Å². The van der Waals surface area contributed by atoms with Gasteiger partial charge in [0.05, 0.1) is 22.6 Å². The quantitative estimate of drug-likeness (QED) is 0.857. The molecule has 2 aromatic heterocycles. The lowest BCUT2D eigenvalue weighted by molar-refractivity contribution is 0.763. The van der Waals surface area contributed by atoms with E-state index >= 15 is 0 Å². The van der Waals surface area contributed by atoms with Crippen LogP contribution in [-0.2, 0) is 6.54 Å². The van der Waals surface area contributed by atoms with Crippen LogP contribution in [0.5, 0.6) is 0 Å². The summed E-state index contributed by atoms with van der Waals surface area (Å²) < 4.78 is 1.67. The Bertz CT molecular complexity index is 520. The van der Waals surface area contributed by atoms with Crippen LogP contribution in [0.4, 0.5) is 0 Å². The first kappa shape index (κ1) is 11.0. The number of aryl methyl sites for hydroxylation is 1. The van der Waals surface area contributed by atoms with Crippen LogP contribution in [0.3, 0.4) is 0 Å². The van der Waals surface area contributed by atoms with E-state index in [1.54, 1.807) is 10.9 Å². The van der Waals surface area contributed by atoms with Gasteiger partial charge in [0.2, 0.25) is 0 Å². The van der Waals surface area contributed by atoms with Crippen molar-refractivity contribution in [3.05, 3.63) is 34.2 Å². The molecule has 84 valence electrons. The largest absolute Gasteiger partial charge is 0.326 e. The van der Waals surface area contributed by atoms with E-state index in [0.29, 0.717) is 17.4 Å².